The van der Waals surface area contributed by atoms with E-state index in [1.807, 2.05) is 84.9 Å². The highest BCUT2D eigenvalue weighted by molar-refractivity contribution is 9.10. The van der Waals surface area contributed by atoms with Crippen LogP contribution in [0.15, 0.2) is 94.5 Å². The number of rotatable bonds is 6. The van der Waals surface area contributed by atoms with E-state index in [1.54, 1.807) is 13.3 Å². The maximum absolute atomic E-state index is 5.18. The zero-order chi connectivity index (χ0) is 20.8. The van der Waals surface area contributed by atoms with Gasteiger partial charge < -0.3 is 4.74 Å². The number of halogens is 1. The fourth-order valence-corrected chi connectivity index (χ4v) is 3.14. The van der Waals surface area contributed by atoms with Crippen molar-refractivity contribution in [3.05, 3.63) is 95.0 Å². The average molecular weight is 459 g/mol. The van der Waals surface area contributed by atoms with Crippen LogP contribution in [0.1, 0.15) is 5.56 Å². The molecular formula is C24H19BrN4O. The van der Waals surface area contributed by atoms with Crippen molar-refractivity contribution < 1.29 is 4.74 Å². The number of hydrazone groups is 1. The van der Waals surface area contributed by atoms with Crippen LogP contribution in [0.5, 0.6) is 5.75 Å². The van der Waals surface area contributed by atoms with E-state index >= 15 is 0 Å². The molecule has 30 heavy (non-hydrogen) atoms. The second kappa shape index (κ2) is 9.33. The monoisotopic (exact) mass is 458 g/mol. The van der Waals surface area contributed by atoms with Crippen LogP contribution in [-0.2, 0) is 0 Å². The number of hydrogen-bond donors (Lipinski definition) is 1. The number of anilines is 1. The van der Waals surface area contributed by atoms with Gasteiger partial charge in [-0.25, -0.2) is 15.4 Å². The largest absolute Gasteiger partial charge is 0.497 e. The van der Waals surface area contributed by atoms with E-state index < -0.39 is 0 Å². The zero-order valence-corrected chi connectivity index (χ0v) is 17.9. The fraction of sp³-hybridized carbons (Fsp3) is 0.0417. The van der Waals surface area contributed by atoms with Crippen molar-refractivity contribution in [3.63, 3.8) is 0 Å². The first-order valence-electron chi connectivity index (χ1n) is 9.35. The van der Waals surface area contributed by atoms with Crippen molar-refractivity contribution in [3.8, 4) is 28.3 Å². The molecule has 4 rings (SSSR count). The molecule has 148 valence electrons. The van der Waals surface area contributed by atoms with E-state index in [1.165, 1.54) is 0 Å². The lowest BCUT2D eigenvalue weighted by Crippen LogP contribution is -2.00. The minimum atomic E-state index is 0.430. The summed E-state index contributed by atoms with van der Waals surface area (Å²) in [5.74, 6) is 1.23. The average Bonchev–Trinajstić information content (AvgIpc) is 2.80. The fourth-order valence-electron chi connectivity index (χ4n) is 2.88. The first kappa shape index (κ1) is 19.8. The molecule has 5 nitrogen and oxygen atoms in total. The Balaban J connectivity index is 1.64. The maximum Gasteiger partial charge on any atom is 0.244 e. The van der Waals surface area contributed by atoms with E-state index in [9.17, 15) is 0 Å². The molecule has 0 bridgehead atoms. The molecule has 0 radical (unpaired) electrons. The van der Waals surface area contributed by atoms with Crippen molar-refractivity contribution in [1.82, 2.24) is 9.97 Å². The van der Waals surface area contributed by atoms with Crippen LogP contribution in [0.2, 0.25) is 0 Å². The normalized spacial score (nSPS) is 10.9. The Morgan fingerprint density at radius 2 is 1.47 bits per heavy atom. The number of nitrogens with zero attached hydrogens (tertiary/aromatic N) is 3. The molecule has 0 spiro atoms. The minimum absolute atomic E-state index is 0.430. The van der Waals surface area contributed by atoms with E-state index in [0.717, 1.165) is 38.3 Å². The van der Waals surface area contributed by atoms with E-state index in [0.29, 0.717) is 5.95 Å². The van der Waals surface area contributed by atoms with E-state index in [-0.39, 0.29) is 0 Å². The minimum Gasteiger partial charge on any atom is -0.497 e. The summed E-state index contributed by atoms with van der Waals surface area (Å²) in [6, 6.07) is 27.7. The van der Waals surface area contributed by atoms with Gasteiger partial charge in [-0.15, -0.1) is 0 Å². The standard InChI is InChI=1S/C24H19BrN4O/c1-30-21-13-7-17(8-14-21)16-26-29-24-27-22(18-5-3-2-4-6-18)15-23(28-24)19-9-11-20(25)12-10-19/h2-16H,1H3,(H,27,28,29). The number of hydrogen-bond acceptors (Lipinski definition) is 5. The van der Waals surface area contributed by atoms with Gasteiger partial charge in [-0.3, -0.25) is 0 Å². The van der Waals surface area contributed by atoms with E-state index in [4.69, 9.17) is 4.74 Å². The molecule has 0 unspecified atom stereocenters. The van der Waals surface area contributed by atoms with Gasteiger partial charge in [-0.2, -0.15) is 5.10 Å². The van der Waals surface area contributed by atoms with Crippen molar-refractivity contribution in [2.24, 2.45) is 5.10 Å². The van der Waals surface area contributed by atoms with E-state index in [2.05, 4.69) is 36.4 Å². The van der Waals surface area contributed by atoms with Crippen LogP contribution in [0.25, 0.3) is 22.5 Å². The zero-order valence-electron chi connectivity index (χ0n) is 16.3. The molecule has 0 aliphatic rings. The molecule has 1 aromatic heterocycles. The highest BCUT2D eigenvalue weighted by atomic mass is 79.9. The third kappa shape index (κ3) is 4.90. The Bertz CT molecular complexity index is 1140. The Labute approximate surface area is 183 Å². The predicted molar refractivity (Wildman–Crippen MR) is 125 cm³/mol. The number of nitrogens with one attached hydrogen (secondary N) is 1. The lowest BCUT2D eigenvalue weighted by molar-refractivity contribution is 0.415. The SMILES string of the molecule is COc1ccc(C=NNc2nc(-c3ccccc3)cc(-c3ccc(Br)cc3)n2)cc1. The molecule has 3 aromatic carbocycles. The van der Waals surface area contributed by atoms with Gasteiger partial charge in [0, 0.05) is 15.6 Å². The number of benzene rings is 3. The van der Waals surface area contributed by atoms with Crippen LogP contribution in [-0.4, -0.2) is 23.3 Å². The summed E-state index contributed by atoms with van der Waals surface area (Å²) in [5, 5.41) is 4.30. The van der Waals surface area contributed by atoms with Crippen molar-refractivity contribution in [2.45, 2.75) is 0 Å². The van der Waals surface area contributed by atoms with Crippen LogP contribution >= 0.6 is 15.9 Å². The number of aromatic nitrogens is 2. The summed E-state index contributed by atoms with van der Waals surface area (Å²) in [4.78, 5) is 9.29. The molecule has 4 aromatic rings. The van der Waals surface area contributed by atoms with Gasteiger partial charge in [0.05, 0.1) is 24.7 Å². The molecule has 0 amide bonds. The number of ether oxygens (including phenoxy) is 1. The van der Waals surface area contributed by atoms with Gasteiger partial charge in [0.15, 0.2) is 0 Å². The lowest BCUT2D eigenvalue weighted by Gasteiger charge is -2.08. The Morgan fingerprint density at radius 3 is 2.10 bits per heavy atom. The topological polar surface area (TPSA) is 59.4 Å². The van der Waals surface area contributed by atoms with Crippen molar-refractivity contribution in [1.29, 1.82) is 0 Å². The Morgan fingerprint density at radius 1 is 0.833 bits per heavy atom. The third-order valence-electron chi connectivity index (χ3n) is 4.43. The Hall–Kier alpha value is -3.51. The summed E-state index contributed by atoms with van der Waals surface area (Å²) in [7, 11) is 1.64. The molecule has 1 N–H and O–H groups in total. The second-order valence-corrected chi connectivity index (χ2v) is 7.39. The summed E-state index contributed by atoms with van der Waals surface area (Å²) in [6.45, 7) is 0. The highest BCUT2D eigenvalue weighted by Crippen LogP contribution is 2.26. The first-order valence-corrected chi connectivity index (χ1v) is 10.1. The number of methoxy groups -OCH3 is 1. The molecule has 0 saturated carbocycles. The quantitative estimate of drug-likeness (QED) is 0.283. The van der Waals surface area contributed by atoms with Gasteiger partial charge in [0.1, 0.15) is 5.75 Å². The molecule has 0 saturated heterocycles. The van der Waals surface area contributed by atoms with Gasteiger partial charge in [0.25, 0.3) is 0 Å². The molecule has 6 heteroatoms. The predicted octanol–water partition coefficient (Wildman–Crippen LogP) is 6.03. The molecule has 0 atom stereocenters. The Kier molecular flexibility index (Phi) is 6.15. The highest BCUT2D eigenvalue weighted by Gasteiger charge is 2.08. The van der Waals surface area contributed by atoms with Crippen LogP contribution in [0, 0.1) is 0 Å². The maximum atomic E-state index is 5.18. The van der Waals surface area contributed by atoms with Crippen LogP contribution in [0.4, 0.5) is 5.95 Å². The smallest absolute Gasteiger partial charge is 0.244 e. The first-order chi connectivity index (χ1) is 14.7. The van der Waals surface area contributed by atoms with Crippen LogP contribution in [0.3, 0.4) is 0 Å². The van der Waals surface area contributed by atoms with Gasteiger partial charge in [-0.1, -0.05) is 58.4 Å². The second-order valence-electron chi connectivity index (χ2n) is 6.48. The summed E-state index contributed by atoms with van der Waals surface area (Å²) in [6.07, 6.45) is 1.72. The van der Waals surface area contributed by atoms with Gasteiger partial charge in [0.2, 0.25) is 5.95 Å². The van der Waals surface area contributed by atoms with Crippen molar-refractivity contribution >= 4 is 28.1 Å². The van der Waals surface area contributed by atoms with Gasteiger partial charge >= 0.3 is 0 Å². The summed E-state index contributed by atoms with van der Waals surface area (Å²) in [5.41, 5.74) is 7.56. The van der Waals surface area contributed by atoms with Gasteiger partial charge in [-0.05, 0) is 48.0 Å². The lowest BCUT2D eigenvalue weighted by atomic mass is 10.1. The summed E-state index contributed by atoms with van der Waals surface area (Å²) < 4.78 is 6.20. The summed E-state index contributed by atoms with van der Waals surface area (Å²) >= 11 is 3.48. The third-order valence-corrected chi connectivity index (χ3v) is 4.96. The molecular weight excluding hydrogens is 440 g/mol. The van der Waals surface area contributed by atoms with Crippen LogP contribution < -0.4 is 10.2 Å². The molecule has 0 aliphatic carbocycles. The molecule has 1 heterocycles. The molecule has 0 aliphatic heterocycles. The molecule has 0 fully saturated rings. The van der Waals surface area contributed by atoms with Crippen molar-refractivity contribution in [2.75, 3.05) is 12.5 Å².